The molecular weight excluding hydrogens is 380 g/mol. The lowest BCUT2D eigenvalue weighted by atomic mass is 9.97. The van der Waals surface area contributed by atoms with Gasteiger partial charge in [-0.1, -0.05) is 42.4 Å². The van der Waals surface area contributed by atoms with Crippen molar-refractivity contribution in [2.75, 3.05) is 25.5 Å². The number of rotatable bonds is 5. The van der Waals surface area contributed by atoms with Crippen molar-refractivity contribution in [2.24, 2.45) is 0 Å². The smallest absolute Gasteiger partial charge is 0.321 e. The Kier molecular flexibility index (Phi) is 5.97. The number of methoxy groups -OCH3 is 1. The summed E-state index contributed by atoms with van der Waals surface area (Å²) in [4.78, 5) is 19.1. The third-order valence-electron chi connectivity index (χ3n) is 5.54. The van der Waals surface area contributed by atoms with Crippen LogP contribution < -0.4 is 10.1 Å². The number of likely N-dealkylation sites (tertiary alicyclic amines) is 1. The molecule has 156 valence electrons. The molecule has 0 atom stereocenters. The van der Waals surface area contributed by atoms with Gasteiger partial charge < -0.3 is 19.5 Å². The first-order chi connectivity index (χ1) is 14.7. The number of aryl methyl sites for hydroxylation is 1. The van der Waals surface area contributed by atoms with Gasteiger partial charge >= 0.3 is 6.03 Å². The Labute approximate surface area is 176 Å². The van der Waals surface area contributed by atoms with Gasteiger partial charge in [0.15, 0.2) is 0 Å². The van der Waals surface area contributed by atoms with Gasteiger partial charge in [0.05, 0.1) is 7.11 Å². The quantitative estimate of drug-likeness (QED) is 0.663. The Hall–Kier alpha value is -3.35. The molecule has 0 saturated carbocycles. The largest absolute Gasteiger partial charge is 0.497 e. The van der Waals surface area contributed by atoms with Crippen LogP contribution in [0.15, 0.2) is 53.1 Å². The number of nitrogens with zero attached hydrogens (tertiary/aromatic N) is 3. The number of hydrogen-bond donors (Lipinski definition) is 1. The minimum atomic E-state index is -0.0584. The monoisotopic (exact) mass is 406 g/mol. The average molecular weight is 406 g/mol. The van der Waals surface area contributed by atoms with Crippen LogP contribution in [0.2, 0.25) is 0 Å². The summed E-state index contributed by atoms with van der Waals surface area (Å²) in [5.74, 6) is 2.09. The van der Waals surface area contributed by atoms with Gasteiger partial charge in [0.25, 0.3) is 0 Å². The predicted octanol–water partition coefficient (Wildman–Crippen LogP) is 4.72. The summed E-state index contributed by atoms with van der Waals surface area (Å²) < 4.78 is 10.8. The Bertz CT molecular complexity index is 1010. The van der Waals surface area contributed by atoms with Crippen LogP contribution in [0, 0.1) is 0 Å². The molecule has 1 aromatic heterocycles. The Balaban J connectivity index is 1.36. The highest BCUT2D eigenvalue weighted by Gasteiger charge is 2.28. The number of carbonyl (C=O) groups excluding carboxylic acids is 1. The zero-order valence-corrected chi connectivity index (χ0v) is 17.3. The van der Waals surface area contributed by atoms with Crippen LogP contribution in [0.4, 0.5) is 10.5 Å². The molecule has 0 radical (unpaired) electrons. The third-order valence-corrected chi connectivity index (χ3v) is 5.54. The van der Waals surface area contributed by atoms with E-state index >= 15 is 0 Å². The molecule has 0 unspecified atom stereocenters. The Morgan fingerprint density at radius 2 is 2.00 bits per heavy atom. The summed E-state index contributed by atoms with van der Waals surface area (Å²) in [6.45, 7) is 3.39. The van der Waals surface area contributed by atoms with Crippen molar-refractivity contribution >= 4 is 11.7 Å². The summed E-state index contributed by atoms with van der Waals surface area (Å²) in [6, 6.07) is 15.5. The molecule has 7 nitrogen and oxygen atoms in total. The number of urea groups is 1. The fraction of sp³-hybridized carbons (Fsp3) is 0.348. The average Bonchev–Trinajstić information content (AvgIpc) is 3.30. The molecule has 7 heteroatoms. The molecule has 2 aromatic carbocycles. The molecule has 1 N–H and O–H groups in total. The van der Waals surface area contributed by atoms with Crippen LogP contribution >= 0.6 is 0 Å². The van der Waals surface area contributed by atoms with Gasteiger partial charge in [0, 0.05) is 30.3 Å². The number of amides is 2. The van der Waals surface area contributed by atoms with Crippen molar-refractivity contribution < 1.29 is 14.1 Å². The Morgan fingerprint density at radius 3 is 2.77 bits per heavy atom. The Morgan fingerprint density at radius 1 is 1.20 bits per heavy atom. The highest BCUT2D eigenvalue weighted by atomic mass is 16.5. The van der Waals surface area contributed by atoms with Crippen LogP contribution in [0.25, 0.3) is 11.4 Å². The highest BCUT2D eigenvalue weighted by molar-refractivity contribution is 5.90. The van der Waals surface area contributed by atoms with E-state index in [2.05, 4.69) is 22.4 Å². The van der Waals surface area contributed by atoms with E-state index < -0.39 is 0 Å². The SMILES string of the molecule is CCc1ccccc1NC(=O)N1CCC(c2nc(-c3cccc(OC)c3)no2)CC1. The predicted molar refractivity (Wildman–Crippen MR) is 115 cm³/mol. The number of benzene rings is 2. The summed E-state index contributed by atoms with van der Waals surface area (Å²) >= 11 is 0. The number of hydrogen-bond acceptors (Lipinski definition) is 5. The standard InChI is InChI=1S/C23H26N4O3/c1-3-16-7-4-5-10-20(16)24-23(28)27-13-11-17(12-14-27)22-25-21(26-30-22)18-8-6-9-19(15-18)29-2/h4-10,15,17H,3,11-14H2,1-2H3,(H,24,28). The minimum absolute atomic E-state index is 0.0584. The third kappa shape index (κ3) is 4.30. The molecule has 2 amide bonds. The lowest BCUT2D eigenvalue weighted by Gasteiger charge is -2.30. The number of nitrogens with one attached hydrogen (secondary N) is 1. The van der Waals surface area contributed by atoms with Gasteiger partial charge in [-0.25, -0.2) is 4.79 Å². The number of aromatic nitrogens is 2. The maximum Gasteiger partial charge on any atom is 0.321 e. The van der Waals surface area contributed by atoms with E-state index in [0.717, 1.165) is 41.8 Å². The van der Waals surface area contributed by atoms with Gasteiger partial charge in [-0.3, -0.25) is 0 Å². The maximum absolute atomic E-state index is 12.7. The van der Waals surface area contributed by atoms with Crippen molar-refractivity contribution in [3.05, 3.63) is 60.0 Å². The van der Waals surface area contributed by atoms with Crippen molar-refractivity contribution in [1.82, 2.24) is 15.0 Å². The van der Waals surface area contributed by atoms with Gasteiger partial charge in [-0.05, 0) is 43.0 Å². The molecule has 1 saturated heterocycles. The van der Waals surface area contributed by atoms with E-state index in [4.69, 9.17) is 9.26 Å². The highest BCUT2D eigenvalue weighted by Crippen LogP contribution is 2.29. The number of anilines is 1. The fourth-order valence-corrected chi connectivity index (χ4v) is 3.75. The summed E-state index contributed by atoms with van der Waals surface area (Å²) in [5, 5.41) is 7.18. The molecular formula is C23H26N4O3. The normalized spacial score (nSPS) is 14.5. The van der Waals surface area contributed by atoms with Gasteiger partial charge in [0.2, 0.25) is 11.7 Å². The second-order valence-corrected chi connectivity index (χ2v) is 7.39. The minimum Gasteiger partial charge on any atom is -0.497 e. The first-order valence-corrected chi connectivity index (χ1v) is 10.3. The first kappa shape index (κ1) is 19.9. The zero-order valence-electron chi connectivity index (χ0n) is 17.3. The first-order valence-electron chi connectivity index (χ1n) is 10.3. The molecule has 0 bridgehead atoms. The zero-order chi connectivity index (χ0) is 20.9. The van der Waals surface area contributed by atoms with Crippen molar-refractivity contribution in [3.63, 3.8) is 0 Å². The van der Waals surface area contributed by atoms with Crippen molar-refractivity contribution in [3.8, 4) is 17.1 Å². The van der Waals surface area contributed by atoms with Crippen LogP contribution in [0.3, 0.4) is 0 Å². The van der Waals surface area contributed by atoms with E-state index in [1.165, 1.54) is 0 Å². The molecule has 30 heavy (non-hydrogen) atoms. The van der Waals surface area contributed by atoms with Crippen LogP contribution in [-0.2, 0) is 6.42 Å². The number of ether oxygens (including phenoxy) is 1. The number of piperidine rings is 1. The number of para-hydroxylation sites is 1. The van der Waals surface area contributed by atoms with Crippen LogP contribution in [0.5, 0.6) is 5.75 Å². The molecule has 0 spiro atoms. The lowest BCUT2D eigenvalue weighted by molar-refractivity contribution is 0.187. The second kappa shape index (κ2) is 8.98. The van der Waals surface area contributed by atoms with Crippen molar-refractivity contribution in [2.45, 2.75) is 32.1 Å². The van der Waals surface area contributed by atoms with E-state index in [1.807, 2.05) is 53.4 Å². The molecule has 1 fully saturated rings. The lowest BCUT2D eigenvalue weighted by Crippen LogP contribution is -2.40. The number of carbonyl (C=O) groups is 1. The van der Waals surface area contributed by atoms with Crippen LogP contribution in [0.1, 0.15) is 37.1 Å². The maximum atomic E-state index is 12.7. The van der Waals surface area contributed by atoms with Crippen LogP contribution in [-0.4, -0.2) is 41.3 Å². The summed E-state index contributed by atoms with van der Waals surface area (Å²) in [5.41, 5.74) is 2.87. The van der Waals surface area contributed by atoms with E-state index in [9.17, 15) is 4.79 Å². The topological polar surface area (TPSA) is 80.5 Å². The van der Waals surface area contributed by atoms with Gasteiger partial charge in [0.1, 0.15) is 5.75 Å². The van der Waals surface area contributed by atoms with Gasteiger partial charge in [-0.15, -0.1) is 0 Å². The second-order valence-electron chi connectivity index (χ2n) is 7.39. The van der Waals surface area contributed by atoms with E-state index in [-0.39, 0.29) is 11.9 Å². The summed E-state index contributed by atoms with van der Waals surface area (Å²) in [6.07, 6.45) is 2.47. The van der Waals surface area contributed by atoms with E-state index in [1.54, 1.807) is 7.11 Å². The fourth-order valence-electron chi connectivity index (χ4n) is 3.75. The molecule has 2 heterocycles. The molecule has 1 aliphatic heterocycles. The van der Waals surface area contributed by atoms with Gasteiger partial charge in [-0.2, -0.15) is 4.98 Å². The molecule has 1 aliphatic rings. The van der Waals surface area contributed by atoms with Crippen molar-refractivity contribution in [1.29, 1.82) is 0 Å². The molecule has 3 aromatic rings. The van der Waals surface area contributed by atoms with E-state index in [0.29, 0.717) is 24.8 Å². The summed E-state index contributed by atoms with van der Waals surface area (Å²) in [7, 11) is 1.63. The molecule has 4 rings (SSSR count). The molecule has 0 aliphatic carbocycles.